The molecule has 1 rings (SSSR count). The molecule has 1 aromatic rings. The van der Waals surface area contributed by atoms with Crippen LogP contribution < -0.4 is 0 Å². The summed E-state index contributed by atoms with van der Waals surface area (Å²) < 4.78 is 5.46. The average molecular weight is 222 g/mol. The minimum absolute atomic E-state index is 0.113. The van der Waals surface area contributed by atoms with Crippen LogP contribution in [0.2, 0.25) is 0 Å². The van der Waals surface area contributed by atoms with Gasteiger partial charge in [-0.1, -0.05) is 34.6 Å². The zero-order valence-electron chi connectivity index (χ0n) is 11.0. The maximum Gasteiger partial charge on any atom is 0.198 e. The van der Waals surface area contributed by atoms with Crippen molar-refractivity contribution in [1.82, 2.24) is 0 Å². The minimum atomic E-state index is 0.113. The maximum absolute atomic E-state index is 11.9. The van der Waals surface area contributed by atoms with Gasteiger partial charge in [0.1, 0.15) is 5.76 Å². The lowest BCUT2D eigenvalue weighted by atomic mass is 9.79. The molecule has 2 heteroatoms. The van der Waals surface area contributed by atoms with Gasteiger partial charge in [-0.15, -0.1) is 0 Å². The Morgan fingerprint density at radius 2 is 2.00 bits per heavy atom. The standard InChI is InChI=1S/C14H22O2/c1-6-11-7-8-13(16-11)12(15)9-10(2)14(3,4)5/h7-8,10H,6,9H2,1-5H3. The van der Waals surface area contributed by atoms with Crippen LogP contribution in [0.1, 0.15) is 57.4 Å². The van der Waals surface area contributed by atoms with Gasteiger partial charge in [0.15, 0.2) is 11.5 Å². The van der Waals surface area contributed by atoms with Crippen molar-refractivity contribution in [2.45, 2.75) is 47.5 Å². The van der Waals surface area contributed by atoms with Gasteiger partial charge in [-0.05, 0) is 23.5 Å². The lowest BCUT2D eigenvalue weighted by molar-refractivity contribution is 0.0898. The van der Waals surface area contributed by atoms with Crippen molar-refractivity contribution >= 4 is 5.78 Å². The van der Waals surface area contributed by atoms with Crippen LogP contribution >= 0.6 is 0 Å². The van der Waals surface area contributed by atoms with Crippen LogP contribution in [0.5, 0.6) is 0 Å². The molecule has 0 bridgehead atoms. The van der Waals surface area contributed by atoms with E-state index in [4.69, 9.17) is 4.42 Å². The molecule has 0 saturated heterocycles. The molecular formula is C14H22O2. The van der Waals surface area contributed by atoms with Gasteiger partial charge in [-0.2, -0.15) is 0 Å². The zero-order chi connectivity index (χ0) is 12.3. The Hall–Kier alpha value is -1.05. The highest BCUT2D eigenvalue weighted by molar-refractivity contribution is 5.93. The van der Waals surface area contributed by atoms with E-state index < -0.39 is 0 Å². The highest BCUT2D eigenvalue weighted by atomic mass is 16.3. The van der Waals surface area contributed by atoms with Crippen LogP contribution in [0.15, 0.2) is 16.5 Å². The number of hydrogen-bond donors (Lipinski definition) is 0. The second kappa shape index (κ2) is 4.86. The van der Waals surface area contributed by atoms with Crippen LogP contribution in [0.3, 0.4) is 0 Å². The molecule has 2 nitrogen and oxygen atoms in total. The third kappa shape index (κ3) is 3.22. The van der Waals surface area contributed by atoms with Crippen molar-refractivity contribution in [3.05, 3.63) is 23.7 Å². The lowest BCUT2D eigenvalue weighted by Gasteiger charge is -2.26. The van der Waals surface area contributed by atoms with Gasteiger partial charge in [-0.25, -0.2) is 0 Å². The van der Waals surface area contributed by atoms with E-state index in [1.165, 1.54) is 0 Å². The topological polar surface area (TPSA) is 30.2 Å². The molecule has 0 spiro atoms. The molecule has 0 aliphatic heterocycles. The Labute approximate surface area is 98.0 Å². The van der Waals surface area contributed by atoms with E-state index in [0.717, 1.165) is 12.2 Å². The Morgan fingerprint density at radius 3 is 2.44 bits per heavy atom. The van der Waals surface area contributed by atoms with Gasteiger partial charge in [0.25, 0.3) is 0 Å². The molecule has 0 aliphatic rings. The van der Waals surface area contributed by atoms with Crippen molar-refractivity contribution in [2.75, 3.05) is 0 Å². The molecule has 0 amide bonds. The molecule has 1 aromatic heterocycles. The number of rotatable bonds is 4. The molecule has 16 heavy (non-hydrogen) atoms. The Bertz CT molecular complexity index is 355. The first-order valence-electron chi connectivity index (χ1n) is 5.96. The van der Waals surface area contributed by atoms with E-state index in [2.05, 4.69) is 27.7 Å². The van der Waals surface area contributed by atoms with Crippen molar-refractivity contribution < 1.29 is 9.21 Å². The molecule has 1 atom stereocenters. The summed E-state index contributed by atoms with van der Waals surface area (Å²) in [6, 6.07) is 3.67. The molecule has 0 saturated carbocycles. The maximum atomic E-state index is 11.9. The zero-order valence-corrected chi connectivity index (χ0v) is 11.0. The Morgan fingerprint density at radius 1 is 1.38 bits per heavy atom. The highest BCUT2D eigenvalue weighted by Gasteiger charge is 2.24. The van der Waals surface area contributed by atoms with Gasteiger partial charge < -0.3 is 4.42 Å². The van der Waals surface area contributed by atoms with Gasteiger partial charge >= 0.3 is 0 Å². The van der Waals surface area contributed by atoms with Gasteiger partial charge in [0, 0.05) is 12.8 Å². The first-order chi connectivity index (χ1) is 7.34. The summed E-state index contributed by atoms with van der Waals surface area (Å²) in [5, 5.41) is 0. The quantitative estimate of drug-likeness (QED) is 0.718. The predicted octanol–water partition coefficient (Wildman–Crippen LogP) is 4.10. The van der Waals surface area contributed by atoms with Gasteiger partial charge in [-0.3, -0.25) is 4.79 Å². The SMILES string of the molecule is CCc1ccc(C(=O)CC(C)C(C)(C)C)o1. The first kappa shape index (κ1) is 13.0. The lowest BCUT2D eigenvalue weighted by Crippen LogP contribution is -2.20. The fourth-order valence-corrected chi connectivity index (χ4v) is 1.40. The van der Waals surface area contributed by atoms with Crippen LogP contribution in [-0.2, 0) is 6.42 Å². The molecule has 1 unspecified atom stereocenters. The van der Waals surface area contributed by atoms with E-state index in [-0.39, 0.29) is 11.2 Å². The van der Waals surface area contributed by atoms with E-state index in [9.17, 15) is 4.79 Å². The summed E-state index contributed by atoms with van der Waals surface area (Å²) >= 11 is 0. The summed E-state index contributed by atoms with van der Waals surface area (Å²) in [5.74, 6) is 1.86. The normalized spacial score (nSPS) is 13.8. The molecule has 0 N–H and O–H groups in total. The molecular weight excluding hydrogens is 200 g/mol. The van der Waals surface area contributed by atoms with E-state index >= 15 is 0 Å². The van der Waals surface area contributed by atoms with E-state index in [1.54, 1.807) is 6.07 Å². The van der Waals surface area contributed by atoms with Gasteiger partial charge in [0.05, 0.1) is 0 Å². The Balaban J connectivity index is 2.66. The summed E-state index contributed by atoms with van der Waals surface area (Å²) in [5.41, 5.74) is 0.163. The van der Waals surface area contributed by atoms with Crippen molar-refractivity contribution in [3.8, 4) is 0 Å². The fraction of sp³-hybridized carbons (Fsp3) is 0.643. The number of hydrogen-bond acceptors (Lipinski definition) is 2. The van der Waals surface area contributed by atoms with Gasteiger partial charge in [0.2, 0.25) is 0 Å². The fourth-order valence-electron chi connectivity index (χ4n) is 1.40. The summed E-state index contributed by atoms with van der Waals surface area (Å²) in [6.45, 7) is 10.6. The predicted molar refractivity (Wildman–Crippen MR) is 65.7 cm³/mol. The summed E-state index contributed by atoms with van der Waals surface area (Å²) in [7, 11) is 0. The first-order valence-corrected chi connectivity index (χ1v) is 5.96. The number of furan rings is 1. The summed E-state index contributed by atoms with van der Waals surface area (Å²) in [4.78, 5) is 11.9. The van der Waals surface area contributed by atoms with Crippen LogP contribution in [0.4, 0.5) is 0 Å². The van der Waals surface area contributed by atoms with Crippen molar-refractivity contribution in [3.63, 3.8) is 0 Å². The van der Waals surface area contributed by atoms with Crippen LogP contribution in [0, 0.1) is 11.3 Å². The van der Waals surface area contributed by atoms with E-state index in [0.29, 0.717) is 18.1 Å². The van der Waals surface area contributed by atoms with Crippen molar-refractivity contribution in [2.24, 2.45) is 11.3 Å². The second-order valence-electron chi connectivity index (χ2n) is 5.51. The highest BCUT2D eigenvalue weighted by Crippen LogP contribution is 2.29. The minimum Gasteiger partial charge on any atom is -0.458 e. The number of ketones is 1. The van der Waals surface area contributed by atoms with Crippen molar-refractivity contribution in [1.29, 1.82) is 0 Å². The van der Waals surface area contributed by atoms with E-state index in [1.807, 2.05) is 13.0 Å². The summed E-state index contributed by atoms with van der Waals surface area (Å²) in [6.07, 6.45) is 1.39. The molecule has 1 heterocycles. The largest absolute Gasteiger partial charge is 0.458 e. The second-order valence-corrected chi connectivity index (χ2v) is 5.51. The molecule has 0 aromatic carbocycles. The number of carbonyl (C=O) groups is 1. The number of aryl methyl sites for hydroxylation is 1. The molecule has 0 fully saturated rings. The Kier molecular flexibility index (Phi) is 3.95. The molecule has 0 radical (unpaired) electrons. The number of carbonyl (C=O) groups excluding carboxylic acids is 1. The third-order valence-electron chi connectivity index (χ3n) is 3.25. The molecule has 90 valence electrons. The monoisotopic (exact) mass is 222 g/mol. The average Bonchev–Trinajstić information content (AvgIpc) is 2.64. The van der Waals surface area contributed by atoms with Crippen LogP contribution in [0.25, 0.3) is 0 Å². The molecule has 0 aliphatic carbocycles. The smallest absolute Gasteiger partial charge is 0.198 e. The number of Topliss-reactive ketones (excluding diaryl/α,β-unsaturated/α-hetero) is 1. The van der Waals surface area contributed by atoms with Crippen LogP contribution in [-0.4, -0.2) is 5.78 Å². The third-order valence-corrected chi connectivity index (χ3v) is 3.25.